The molecule has 0 aliphatic heterocycles. The Morgan fingerprint density at radius 2 is 1.81 bits per heavy atom. The van der Waals surface area contributed by atoms with Gasteiger partial charge in [0.15, 0.2) is 0 Å². The molecule has 0 unspecified atom stereocenters. The largest absolute Gasteiger partial charge is 0.497 e. The van der Waals surface area contributed by atoms with Crippen molar-refractivity contribution in [1.82, 2.24) is 20.0 Å². The lowest BCUT2D eigenvalue weighted by atomic mass is 10.1. The Labute approximate surface area is 184 Å². The van der Waals surface area contributed by atoms with E-state index in [9.17, 15) is 9.59 Å². The minimum atomic E-state index is -0.359. The number of aryl methyl sites for hydroxylation is 2. The fraction of sp³-hybridized carbons (Fsp3) is 0.250. The fourth-order valence-corrected chi connectivity index (χ4v) is 3.36. The van der Waals surface area contributed by atoms with E-state index in [-0.39, 0.29) is 30.0 Å². The van der Waals surface area contributed by atoms with Crippen LogP contribution in [0.4, 0.5) is 0 Å². The quantitative estimate of drug-likeness (QED) is 0.459. The van der Waals surface area contributed by atoms with Gasteiger partial charge in [-0.05, 0) is 29.7 Å². The Bertz CT molecular complexity index is 1270. The van der Waals surface area contributed by atoms with Crippen molar-refractivity contribution in [2.75, 3.05) is 7.11 Å². The summed E-state index contributed by atoms with van der Waals surface area (Å²) < 4.78 is 11.8. The third kappa shape index (κ3) is 4.54. The van der Waals surface area contributed by atoms with Crippen molar-refractivity contribution >= 4 is 17.0 Å². The summed E-state index contributed by atoms with van der Waals surface area (Å²) in [5, 5.41) is 6.90. The molecule has 0 aliphatic rings. The van der Waals surface area contributed by atoms with Crippen LogP contribution >= 0.6 is 0 Å². The minimum Gasteiger partial charge on any atom is -0.497 e. The number of nitrogens with zero attached hydrogens (tertiary/aromatic N) is 3. The maximum atomic E-state index is 12.8. The van der Waals surface area contributed by atoms with Crippen molar-refractivity contribution in [2.45, 2.75) is 32.9 Å². The highest BCUT2D eigenvalue weighted by Crippen LogP contribution is 2.24. The van der Waals surface area contributed by atoms with Gasteiger partial charge in [0.1, 0.15) is 17.0 Å². The third-order valence-electron chi connectivity index (χ3n) is 5.31. The van der Waals surface area contributed by atoms with Crippen LogP contribution in [0.5, 0.6) is 5.75 Å². The topological polar surface area (TPSA) is 99.2 Å². The van der Waals surface area contributed by atoms with Gasteiger partial charge in [-0.3, -0.25) is 14.2 Å². The number of carbonyl (C=O) groups is 1. The summed E-state index contributed by atoms with van der Waals surface area (Å²) in [4.78, 5) is 29.4. The molecule has 32 heavy (non-hydrogen) atoms. The van der Waals surface area contributed by atoms with E-state index in [1.807, 2.05) is 48.5 Å². The molecule has 4 aromatic rings. The predicted molar refractivity (Wildman–Crippen MR) is 120 cm³/mol. The first-order chi connectivity index (χ1) is 15.6. The molecule has 164 valence electrons. The van der Waals surface area contributed by atoms with Crippen molar-refractivity contribution in [3.63, 3.8) is 0 Å². The maximum absolute atomic E-state index is 12.8. The number of benzene rings is 2. The standard InChI is InChI=1S/C24H24N4O4/c1-3-16-4-8-18(9-5-16)21-22-23(32-27-21)24(30)28(15-26-22)13-12-20(29)25-14-17-6-10-19(31-2)11-7-17/h4-11,15H,3,12-14H2,1-2H3,(H,25,29). The highest BCUT2D eigenvalue weighted by molar-refractivity contribution is 5.87. The number of aromatic nitrogens is 3. The van der Waals surface area contributed by atoms with Gasteiger partial charge in [0.25, 0.3) is 11.1 Å². The van der Waals surface area contributed by atoms with Crippen LogP contribution in [0.25, 0.3) is 22.4 Å². The van der Waals surface area contributed by atoms with Gasteiger partial charge in [0, 0.05) is 25.1 Å². The maximum Gasteiger partial charge on any atom is 0.299 e. The molecule has 0 aliphatic carbocycles. The van der Waals surface area contributed by atoms with E-state index in [0.717, 1.165) is 23.3 Å². The summed E-state index contributed by atoms with van der Waals surface area (Å²) in [7, 11) is 1.61. The van der Waals surface area contributed by atoms with Gasteiger partial charge in [-0.1, -0.05) is 48.5 Å². The molecule has 8 nitrogen and oxygen atoms in total. The zero-order valence-corrected chi connectivity index (χ0v) is 18.0. The summed E-state index contributed by atoms with van der Waals surface area (Å²) in [5.41, 5.74) is 3.68. The second-order valence-corrected chi connectivity index (χ2v) is 7.38. The highest BCUT2D eigenvalue weighted by Gasteiger charge is 2.16. The number of fused-ring (bicyclic) bond motifs is 1. The normalized spacial score (nSPS) is 10.9. The van der Waals surface area contributed by atoms with E-state index in [0.29, 0.717) is 17.8 Å². The Morgan fingerprint density at radius 1 is 1.09 bits per heavy atom. The van der Waals surface area contributed by atoms with Crippen LogP contribution in [0, 0.1) is 0 Å². The number of ether oxygens (including phenoxy) is 1. The molecule has 0 spiro atoms. The molecule has 1 amide bonds. The molecule has 2 aromatic carbocycles. The van der Waals surface area contributed by atoms with Gasteiger partial charge in [0.05, 0.1) is 13.4 Å². The van der Waals surface area contributed by atoms with Crippen molar-refractivity contribution in [3.05, 3.63) is 76.3 Å². The molecule has 2 heterocycles. The van der Waals surface area contributed by atoms with E-state index < -0.39 is 0 Å². The smallest absolute Gasteiger partial charge is 0.299 e. The molecule has 0 saturated carbocycles. The first-order valence-corrected chi connectivity index (χ1v) is 10.4. The molecule has 0 bridgehead atoms. The van der Waals surface area contributed by atoms with Crippen LogP contribution in [0.2, 0.25) is 0 Å². The molecule has 0 radical (unpaired) electrons. The SMILES string of the molecule is CCc1ccc(-c2noc3c(=O)n(CCC(=O)NCc4ccc(OC)cc4)cnc23)cc1. The molecule has 0 atom stereocenters. The summed E-state index contributed by atoms with van der Waals surface area (Å²) in [5.74, 6) is 0.595. The van der Waals surface area contributed by atoms with Crippen molar-refractivity contribution in [2.24, 2.45) is 0 Å². The van der Waals surface area contributed by atoms with Gasteiger partial charge in [-0.25, -0.2) is 4.98 Å². The van der Waals surface area contributed by atoms with Gasteiger partial charge in [-0.15, -0.1) is 0 Å². The lowest BCUT2D eigenvalue weighted by Gasteiger charge is -2.07. The average Bonchev–Trinajstić information content (AvgIpc) is 3.27. The number of hydrogen-bond acceptors (Lipinski definition) is 6. The molecule has 8 heteroatoms. The third-order valence-corrected chi connectivity index (χ3v) is 5.31. The van der Waals surface area contributed by atoms with Crippen LogP contribution in [0.15, 0.2) is 64.2 Å². The second-order valence-electron chi connectivity index (χ2n) is 7.38. The van der Waals surface area contributed by atoms with Crippen LogP contribution in [0.3, 0.4) is 0 Å². The Kier molecular flexibility index (Phi) is 6.30. The average molecular weight is 432 g/mol. The highest BCUT2D eigenvalue weighted by atomic mass is 16.5. The predicted octanol–water partition coefficient (Wildman–Crippen LogP) is 3.33. The number of carbonyl (C=O) groups excluding carboxylic acids is 1. The summed E-state index contributed by atoms with van der Waals surface area (Å²) >= 11 is 0. The Balaban J connectivity index is 1.41. The van der Waals surface area contributed by atoms with E-state index in [2.05, 4.69) is 22.4 Å². The van der Waals surface area contributed by atoms with Crippen LogP contribution in [-0.4, -0.2) is 27.7 Å². The molecule has 0 saturated heterocycles. The number of methoxy groups -OCH3 is 1. The lowest BCUT2D eigenvalue weighted by Crippen LogP contribution is -2.27. The number of rotatable bonds is 8. The van der Waals surface area contributed by atoms with Gasteiger partial charge in [0.2, 0.25) is 5.91 Å². The zero-order valence-electron chi connectivity index (χ0n) is 18.0. The van der Waals surface area contributed by atoms with E-state index in [1.165, 1.54) is 16.5 Å². The zero-order chi connectivity index (χ0) is 22.5. The van der Waals surface area contributed by atoms with Crippen LogP contribution in [-0.2, 0) is 24.3 Å². The lowest BCUT2D eigenvalue weighted by molar-refractivity contribution is -0.121. The van der Waals surface area contributed by atoms with Crippen molar-refractivity contribution in [1.29, 1.82) is 0 Å². The van der Waals surface area contributed by atoms with Crippen LogP contribution < -0.4 is 15.6 Å². The molecular formula is C24H24N4O4. The van der Waals surface area contributed by atoms with Crippen LogP contribution in [0.1, 0.15) is 24.5 Å². The van der Waals surface area contributed by atoms with Gasteiger partial charge >= 0.3 is 0 Å². The van der Waals surface area contributed by atoms with Gasteiger partial charge in [-0.2, -0.15) is 0 Å². The van der Waals surface area contributed by atoms with E-state index >= 15 is 0 Å². The Hall–Kier alpha value is -3.94. The second kappa shape index (κ2) is 9.47. The molecule has 1 N–H and O–H groups in total. The molecule has 2 aromatic heterocycles. The number of amides is 1. The Morgan fingerprint density at radius 3 is 2.50 bits per heavy atom. The summed E-state index contributed by atoms with van der Waals surface area (Å²) in [6, 6.07) is 15.4. The van der Waals surface area contributed by atoms with Gasteiger partial charge < -0.3 is 14.6 Å². The van der Waals surface area contributed by atoms with Crippen molar-refractivity contribution in [3.8, 4) is 17.0 Å². The van der Waals surface area contributed by atoms with E-state index in [1.54, 1.807) is 7.11 Å². The monoisotopic (exact) mass is 432 g/mol. The first kappa shape index (κ1) is 21.3. The molecule has 0 fully saturated rings. The van der Waals surface area contributed by atoms with E-state index in [4.69, 9.17) is 9.26 Å². The fourth-order valence-electron chi connectivity index (χ4n) is 3.36. The summed E-state index contributed by atoms with van der Waals surface area (Å²) in [6.07, 6.45) is 2.52. The summed E-state index contributed by atoms with van der Waals surface area (Å²) in [6.45, 7) is 2.68. The first-order valence-electron chi connectivity index (χ1n) is 10.4. The minimum absolute atomic E-state index is 0.0840. The number of nitrogens with one attached hydrogen (secondary N) is 1. The molecule has 4 rings (SSSR count). The number of hydrogen-bond donors (Lipinski definition) is 1. The molecular weight excluding hydrogens is 408 g/mol. The van der Waals surface area contributed by atoms with Crippen molar-refractivity contribution < 1.29 is 14.1 Å².